The quantitative estimate of drug-likeness (QED) is 0.799. The van der Waals surface area contributed by atoms with Gasteiger partial charge in [-0.1, -0.05) is 15.9 Å². The SMILES string of the molecule is CNC(CSc1ccc(Br)cc1)c1cncc(OC)c1. The van der Waals surface area contributed by atoms with Gasteiger partial charge in [-0.3, -0.25) is 4.98 Å². The summed E-state index contributed by atoms with van der Waals surface area (Å²) in [5.41, 5.74) is 1.14. The summed E-state index contributed by atoms with van der Waals surface area (Å²) in [5.74, 6) is 1.73. The van der Waals surface area contributed by atoms with Crippen LogP contribution in [0.4, 0.5) is 0 Å². The van der Waals surface area contributed by atoms with E-state index in [-0.39, 0.29) is 6.04 Å². The summed E-state index contributed by atoms with van der Waals surface area (Å²) >= 11 is 5.27. The molecular formula is C15H17BrN2OS. The Hall–Kier alpha value is -1.04. The number of rotatable bonds is 6. The lowest BCUT2D eigenvalue weighted by Crippen LogP contribution is -2.18. The summed E-state index contributed by atoms with van der Waals surface area (Å²) in [6.45, 7) is 0. The Morgan fingerprint density at radius 3 is 2.70 bits per heavy atom. The largest absolute Gasteiger partial charge is 0.495 e. The molecule has 0 saturated heterocycles. The van der Waals surface area contributed by atoms with E-state index in [0.717, 1.165) is 21.5 Å². The normalized spacial score (nSPS) is 12.2. The van der Waals surface area contributed by atoms with Gasteiger partial charge in [0.1, 0.15) is 5.75 Å². The second kappa shape index (κ2) is 7.67. The highest BCUT2D eigenvalue weighted by molar-refractivity contribution is 9.10. The minimum atomic E-state index is 0.242. The molecule has 0 bridgehead atoms. The van der Waals surface area contributed by atoms with E-state index in [2.05, 4.69) is 50.5 Å². The number of nitrogens with one attached hydrogen (secondary N) is 1. The Balaban J connectivity index is 2.03. The van der Waals surface area contributed by atoms with Gasteiger partial charge < -0.3 is 10.1 Å². The van der Waals surface area contributed by atoms with E-state index in [1.165, 1.54) is 4.90 Å². The zero-order chi connectivity index (χ0) is 14.4. The van der Waals surface area contributed by atoms with Crippen LogP contribution < -0.4 is 10.1 Å². The van der Waals surface area contributed by atoms with Gasteiger partial charge in [0.2, 0.25) is 0 Å². The lowest BCUT2D eigenvalue weighted by molar-refractivity contribution is 0.411. The van der Waals surface area contributed by atoms with E-state index in [1.54, 1.807) is 13.3 Å². The molecule has 0 spiro atoms. The minimum Gasteiger partial charge on any atom is -0.495 e. The van der Waals surface area contributed by atoms with Gasteiger partial charge in [0.25, 0.3) is 0 Å². The molecular weight excluding hydrogens is 336 g/mol. The van der Waals surface area contributed by atoms with E-state index >= 15 is 0 Å². The molecule has 106 valence electrons. The molecule has 1 aromatic carbocycles. The highest BCUT2D eigenvalue weighted by Gasteiger charge is 2.11. The van der Waals surface area contributed by atoms with E-state index in [1.807, 2.05) is 31.1 Å². The number of halogens is 1. The van der Waals surface area contributed by atoms with Crippen LogP contribution in [0.25, 0.3) is 0 Å². The van der Waals surface area contributed by atoms with Crippen LogP contribution >= 0.6 is 27.7 Å². The first-order chi connectivity index (χ1) is 9.72. The van der Waals surface area contributed by atoms with Crippen molar-refractivity contribution < 1.29 is 4.74 Å². The van der Waals surface area contributed by atoms with Crippen LogP contribution in [-0.2, 0) is 0 Å². The number of hydrogen-bond acceptors (Lipinski definition) is 4. The number of methoxy groups -OCH3 is 1. The van der Waals surface area contributed by atoms with Crippen molar-refractivity contribution >= 4 is 27.7 Å². The third-order valence-corrected chi connectivity index (χ3v) is 4.59. The van der Waals surface area contributed by atoms with Crippen molar-refractivity contribution in [3.63, 3.8) is 0 Å². The number of pyridine rings is 1. The molecule has 0 aliphatic heterocycles. The fourth-order valence-corrected chi connectivity index (χ4v) is 3.11. The number of ether oxygens (including phenoxy) is 1. The van der Waals surface area contributed by atoms with Crippen LogP contribution in [0.3, 0.4) is 0 Å². The van der Waals surface area contributed by atoms with Crippen LogP contribution in [-0.4, -0.2) is 24.9 Å². The predicted molar refractivity (Wildman–Crippen MR) is 87.5 cm³/mol. The van der Waals surface area contributed by atoms with Gasteiger partial charge >= 0.3 is 0 Å². The summed E-state index contributed by atoms with van der Waals surface area (Å²) in [4.78, 5) is 5.46. The smallest absolute Gasteiger partial charge is 0.137 e. The van der Waals surface area contributed by atoms with Crippen molar-refractivity contribution in [1.82, 2.24) is 10.3 Å². The summed E-state index contributed by atoms with van der Waals surface area (Å²) in [7, 11) is 3.62. The minimum absolute atomic E-state index is 0.242. The molecule has 0 amide bonds. The zero-order valence-electron chi connectivity index (χ0n) is 11.5. The third kappa shape index (κ3) is 4.23. The molecule has 1 unspecified atom stereocenters. The molecule has 1 aromatic heterocycles. The third-order valence-electron chi connectivity index (χ3n) is 2.95. The van der Waals surface area contributed by atoms with Crippen molar-refractivity contribution in [1.29, 1.82) is 0 Å². The zero-order valence-corrected chi connectivity index (χ0v) is 13.9. The lowest BCUT2D eigenvalue weighted by atomic mass is 10.1. The fraction of sp³-hybridized carbons (Fsp3) is 0.267. The lowest BCUT2D eigenvalue weighted by Gasteiger charge is -2.16. The summed E-state index contributed by atoms with van der Waals surface area (Å²) in [6, 6.07) is 10.6. The molecule has 0 saturated carbocycles. The topological polar surface area (TPSA) is 34.2 Å². The van der Waals surface area contributed by atoms with Gasteiger partial charge in [-0.15, -0.1) is 11.8 Å². The number of thioether (sulfide) groups is 1. The maximum atomic E-state index is 5.22. The van der Waals surface area contributed by atoms with Crippen molar-refractivity contribution in [2.75, 3.05) is 19.9 Å². The van der Waals surface area contributed by atoms with Gasteiger partial charge in [-0.25, -0.2) is 0 Å². The van der Waals surface area contributed by atoms with Crippen molar-refractivity contribution in [3.05, 3.63) is 52.8 Å². The molecule has 0 aliphatic rings. The highest BCUT2D eigenvalue weighted by Crippen LogP contribution is 2.26. The molecule has 0 aliphatic carbocycles. The van der Waals surface area contributed by atoms with Gasteiger partial charge in [0.15, 0.2) is 0 Å². The van der Waals surface area contributed by atoms with Crippen LogP contribution in [0.5, 0.6) is 5.75 Å². The van der Waals surface area contributed by atoms with Gasteiger partial charge in [0, 0.05) is 27.4 Å². The Kier molecular flexibility index (Phi) is 5.88. The molecule has 0 radical (unpaired) electrons. The van der Waals surface area contributed by atoms with Gasteiger partial charge in [-0.05, 0) is 42.9 Å². The second-order valence-electron chi connectivity index (χ2n) is 4.26. The summed E-state index contributed by atoms with van der Waals surface area (Å²) < 4.78 is 6.32. The maximum absolute atomic E-state index is 5.22. The van der Waals surface area contributed by atoms with E-state index < -0.39 is 0 Å². The average molecular weight is 353 g/mol. The van der Waals surface area contributed by atoms with Crippen molar-refractivity contribution in [2.24, 2.45) is 0 Å². The van der Waals surface area contributed by atoms with E-state index in [4.69, 9.17) is 4.74 Å². The number of nitrogens with zero attached hydrogens (tertiary/aromatic N) is 1. The first-order valence-electron chi connectivity index (χ1n) is 6.27. The molecule has 1 atom stereocenters. The van der Waals surface area contributed by atoms with E-state index in [9.17, 15) is 0 Å². The van der Waals surface area contributed by atoms with Crippen LogP contribution in [0.2, 0.25) is 0 Å². The molecule has 2 aromatic rings. The maximum Gasteiger partial charge on any atom is 0.137 e. The van der Waals surface area contributed by atoms with Crippen LogP contribution in [0.1, 0.15) is 11.6 Å². The molecule has 3 nitrogen and oxygen atoms in total. The summed E-state index contributed by atoms with van der Waals surface area (Å²) in [6.07, 6.45) is 3.60. The molecule has 1 N–H and O–H groups in total. The molecule has 0 fully saturated rings. The molecule has 20 heavy (non-hydrogen) atoms. The first-order valence-corrected chi connectivity index (χ1v) is 8.05. The Morgan fingerprint density at radius 1 is 1.30 bits per heavy atom. The summed E-state index contributed by atoms with van der Waals surface area (Å²) in [5, 5.41) is 3.33. The fourth-order valence-electron chi connectivity index (χ4n) is 1.79. The number of benzene rings is 1. The van der Waals surface area contributed by atoms with Gasteiger partial charge in [0.05, 0.1) is 13.3 Å². The second-order valence-corrected chi connectivity index (χ2v) is 6.27. The van der Waals surface area contributed by atoms with Crippen LogP contribution in [0, 0.1) is 0 Å². The standard InChI is InChI=1S/C15H17BrN2OS/c1-17-15(11-7-13(19-2)9-18-8-11)10-20-14-5-3-12(16)4-6-14/h3-9,15,17H,10H2,1-2H3. The molecule has 5 heteroatoms. The first kappa shape index (κ1) is 15.4. The predicted octanol–water partition coefficient (Wildman–Crippen LogP) is 3.91. The number of hydrogen-bond donors (Lipinski definition) is 1. The Bertz CT molecular complexity index is 548. The highest BCUT2D eigenvalue weighted by atomic mass is 79.9. The Morgan fingerprint density at radius 2 is 2.05 bits per heavy atom. The van der Waals surface area contributed by atoms with Crippen molar-refractivity contribution in [2.45, 2.75) is 10.9 Å². The van der Waals surface area contributed by atoms with Crippen LogP contribution in [0.15, 0.2) is 52.1 Å². The molecule has 1 heterocycles. The number of aromatic nitrogens is 1. The Labute approximate surface area is 132 Å². The van der Waals surface area contributed by atoms with Crippen molar-refractivity contribution in [3.8, 4) is 5.75 Å². The monoisotopic (exact) mass is 352 g/mol. The average Bonchev–Trinajstić information content (AvgIpc) is 2.50. The molecule has 2 rings (SSSR count). The van der Waals surface area contributed by atoms with Gasteiger partial charge in [-0.2, -0.15) is 0 Å². The van der Waals surface area contributed by atoms with E-state index in [0.29, 0.717) is 0 Å².